The Morgan fingerprint density at radius 1 is 1.35 bits per heavy atom. The third kappa shape index (κ3) is 2.32. The molecule has 1 aliphatic rings. The summed E-state index contributed by atoms with van der Waals surface area (Å²) in [5, 5.41) is 0. The van der Waals surface area contributed by atoms with E-state index in [0.717, 1.165) is 13.0 Å². The molecule has 0 saturated carbocycles. The second-order valence-electron chi connectivity index (χ2n) is 5.64. The molecule has 1 aromatic carbocycles. The van der Waals surface area contributed by atoms with Crippen LogP contribution in [0.4, 0.5) is 5.69 Å². The van der Waals surface area contributed by atoms with E-state index in [1.807, 2.05) is 0 Å². The molecule has 0 aromatic heterocycles. The quantitative estimate of drug-likeness (QED) is 0.864. The first-order valence-electron chi connectivity index (χ1n) is 6.68. The van der Waals surface area contributed by atoms with E-state index in [1.165, 1.54) is 24.1 Å². The average Bonchev–Trinajstić information content (AvgIpc) is 2.68. The van der Waals surface area contributed by atoms with E-state index in [9.17, 15) is 0 Å². The van der Waals surface area contributed by atoms with Gasteiger partial charge in [0, 0.05) is 23.8 Å². The zero-order valence-corrected chi connectivity index (χ0v) is 11.2. The van der Waals surface area contributed by atoms with Gasteiger partial charge in [-0.2, -0.15) is 0 Å². The molecule has 17 heavy (non-hydrogen) atoms. The van der Waals surface area contributed by atoms with E-state index >= 15 is 0 Å². The van der Waals surface area contributed by atoms with Crippen LogP contribution < -0.4 is 10.6 Å². The highest BCUT2D eigenvalue weighted by Crippen LogP contribution is 2.37. The second kappa shape index (κ2) is 4.69. The lowest BCUT2D eigenvalue weighted by Crippen LogP contribution is -2.39. The topological polar surface area (TPSA) is 29.3 Å². The fraction of sp³-hybridized carbons (Fsp3) is 0.600. The molecule has 1 atom stereocenters. The third-order valence-corrected chi connectivity index (χ3v) is 3.97. The van der Waals surface area contributed by atoms with Gasteiger partial charge in [-0.15, -0.1) is 0 Å². The Labute approximate surface area is 105 Å². The highest BCUT2D eigenvalue weighted by Gasteiger charge is 2.33. The molecule has 0 unspecified atom stereocenters. The Balaban J connectivity index is 2.38. The summed E-state index contributed by atoms with van der Waals surface area (Å²) in [6.07, 6.45) is 3.54. The van der Waals surface area contributed by atoms with Gasteiger partial charge < -0.3 is 10.6 Å². The van der Waals surface area contributed by atoms with Gasteiger partial charge in [-0.3, -0.25) is 0 Å². The molecule has 0 aliphatic carbocycles. The van der Waals surface area contributed by atoms with Gasteiger partial charge in [-0.05, 0) is 44.7 Å². The fourth-order valence-corrected chi connectivity index (χ4v) is 2.82. The molecule has 1 aromatic rings. The van der Waals surface area contributed by atoms with Gasteiger partial charge in [0.2, 0.25) is 0 Å². The van der Waals surface area contributed by atoms with Crippen LogP contribution in [0.25, 0.3) is 0 Å². The molecule has 94 valence electrons. The summed E-state index contributed by atoms with van der Waals surface area (Å²) < 4.78 is 0. The van der Waals surface area contributed by atoms with Gasteiger partial charge >= 0.3 is 0 Å². The number of nitrogens with zero attached hydrogens (tertiary/aromatic N) is 1. The first kappa shape index (κ1) is 12.4. The maximum Gasteiger partial charge on any atom is 0.0419 e. The van der Waals surface area contributed by atoms with Crippen LogP contribution in [0.1, 0.15) is 51.6 Å². The summed E-state index contributed by atoms with van der Waals surface area (Å²) in [6, 6.07) is 8.77. The zero-order chi connectivity index (χ0) is 12.5. The molecule has 2 nitrogen and oxygen atoms in total. The van der Waals surface area contributed by atoms with Crippen molar-refractivity contribution in [2.75, 3.05) is 11.4 Å². The first-order valence-corrected chi connectivity index (χ1v) is 6.68. The Hall–Kier alpha value is -1.02. The van der Waals surface area contributed by atoms with Crippen molar-refractivity contribution >= 4 is 5.69 Å². The molecule has 1 fully saturated rings. The van der Waals surface area contributed by atoms with Crippen molar-refractivity contribution in [1.29, 1.82) is 0 Å². The normalized spacial score (nSPS) is 20.6. The third-order valence-electron chi connectivity index (χ3n) is 3.97. The fourth-order valence-electron chi connectivity index (χ4n) is 2.82. The average molecular weight is 232 g/mol. The van der Waals surface area contributed by atoms with Crippen LogP contribution in [-0.4, -0.2) is 12.1 Å². The number of hydrogen-bond acceptors (Lipinski definition) is 2. The minimum Gasteiger partial charge on any atom is -0.366 e. The van der Waals surface area contributed by atoms with Crippen molar-refractivity contribution < 1.29 is 0 Å². The Morgan fingerprint density at radius 3 is 2.65 bits per heavy atom. The minimum atomic E-state index is 0.155. The molecule has 2 heteroatoms. The SMILES string of the molecule is CC[C@H](N)c1ccccc1N1CCCC1(C)C. The standard InChI is InChI=1S/C15H24N2/c1-4-13(16)12-8-5-6-9-14(12)17-11-7-10-15(17,2)3/h5-6,8-9,13H,4,7,10-11,16H2,1-3H3/t13-/m0/s1. The lowest BCUT2D eigenvalue weighted by molar-refractivity contribution is 0.515. The molecule has 2 N–H and O–H groups in total. The lowest BCUT2D eigenvalue weighted by Gasteiger charge is -2.36. The number of para-hydroxylation sites is 1. The van der Waals surface area contributed by atoms with Crippen molar-refractivity contribution in [3.63, 3.8) is 0 Å². The van der Waals surface area contributed by atoms with Gasteiger partial charge in [0.1, 0.15) is 0 Å². The summed E-state index contributed by atoms with van der Waals surface area (Å²) in [7, 11) is 0. The molecule has 1 heterocycles. The van der Waals surface area contributed by atoms with Crippen LogP contribution in [0.5, 0.6) is 0 Å². The predicted molar refractivity (Wildman–Crippen MR) is 74.3 cm³/mol. The summed E-state index contributed by atoms with van der Waals surface area (Å²) in [5.74, 6) is 0. The molecule has 1 aliphatic heterocycles. The van der Waals surface area contributed by atoms with Gasteiger partial charge in [0.25, 0.3) is 0 Å². The Bertz CT molecular complexity index is 384. The Kier molecular flexibility index (Phi) is 3.43. The van der Waals surface area contributed by atoms with Crippen molar-refractivity contribution in [2.45, 2.75) is 51.6 Å². The van der Waals surface area contributed by atoms with Crippen LogP contribution in [0.3, 0.4) is 0 Å². The van der Waals surface area contributed by atoms with Crippen LogP contribution in [-0.2, 0) is 0 Å². The van der Waals surface area contributed by atoms with Gasteiger partial charge in [0.15, 0.2) is 0 Å². The largest absolute Gasteiger partial charge is 0.366 e. The summed E-state index contributed by atoms with van der Waals surface area (Å²) in [6.45, 7) is 7.96. The highest BCUT2D eigenvalue weighted by atomic mass is 15.2. The van der Waals surface area contributed by atoms with Crippen LogP contribution >= 0.6 is 0 Å². The predicted octanol–water partition coefficient (Wildman–Crippen LogP) is 3.48. The molecular weight excluding hydrogens is 208 g/mol. The van der Waals surface area contributed by atoms with E-state index < -0.39 is 0 Å². The smallest absolute Gasteiger partial charge is 0.0419 e. The van der Waals surface area contributed by atoms with Crippen molar-refractivity contribution in [3.8, 4) is 0 Å². The summed E-state index contributed by atoms with van der Waals surface area (Å²) >= 11 is 0. The molecular formula is C15H24N2. The van der Waals surface area contributed by atoms with Gasteiger partial charge in [-0.25, -0.2) is 0 Å². The lowest BCUT2D eigenvalue weighted by atomic mass is 9.98. The number of hydrogen-bond donors (Lipinski definition) is 1. The van der Waals surface area contributed by atoms with Crippen molar-refractivity contribution in [3.05, 3.63) is 29.8 Å². The monoisotopic (exact) mass is 232 g/mol. The zero-order valence-electron chi connectivity index (χ0n) is 11.2. The number of anilines is 1. The Morgan fingerprint density at radius 2 is 2.06 bits per heavy atom. The van der Waals surface area contributed by atoms with E-state index in [-0.39, 0.29) is 11.6 Å². The van der Waals surface area contributed by atoms with E-state index in [1.54, 1.807) is 0 Å². The van der Waals surface area contributed by atoms with Crippen molar-refractivity contribution in [1.82, 2.24) is 0 Å². The molecule has 0 bridgehead atoms. The van der Waals surface area contributed by atoms with Gasteiger partial charge in [-0.1, -0.05) is 25.1 Å². The van der Waals surface area contributed by atoms with Crippen molar-refractivity contribution in [2.24, 2.45) is 5.73 Å². The first-order chi connectivity index (χ1) is 8.06. The summed E-state index contributed by atoms with van der Waals surface area (Å²) in [4.78, 5) is 2.53. The van der Waals surface area contributed by atoms with E-state index in [0.29, 0.717) is 0 Å². The van der Waals surface area contributed by atoms with Gasteiger partial charge in [0.05, 0.1) is 0 Å². The van der Waals surface area contributed by atoms with Crippen LogP contribution in [0.2, 0.25) is 0 Å². The number of benzene rings is 1. The number of nitrogens with two attached hydrogens (primary N) is 1. The summed E-state index contributed by atoms with van der Waals surface area (Å²) in [5.41, 5.74) is 9.13. The molecule has 0 spiro atoms. The van der Waals surface area contributed by atoms with Crippen LogP contribution in [0, 0.1) is 0 Å². The molecule has 2 rings (SSSR count). The molecule has 1 saturated heterocycles. The molecule has 0 amide bonds. The second-order valence-corrected chi connectivity index (χ2v) is 5.64. The van der Waals surface area contributed by atoms with E-state index in [2.05, 4.69) is 49.9 Å². The maximum atomic E-state index is 6.22. The minimum absolute atomic E-state index is 0.155. The van der Waals surface area contributed by atoms with Crippen LogP contribution in [0.15, 0.2) is 24.3 Å². The highest BCUT2D eigenvalue weighted by molar-refractivity contribution is 5.57. The number of rotatable bonds is 3. The molecule has 0 radical (unpaired) electrons. The van der Waals surface area contributed by atoms with E-state index in [4.69, 9.17) is 5.73 Å². The maximum absolute atomic E-state index is 6.22.